The second kappa shape index (κ2) is 3.99. The molecule has 2 saturated heterocycles. The number of anilines is 1. The van der Waals surface area contributed by atoms with Gasteiger partial charge in [-0.25, -0.2) is 9.97 Å². The van der Waals surface area contributed by atoms with Gasteiger partial charge in [0.1, 0.15) is 0 Å². The van der Waals surface area contributed by atoms with E-state index in [1.54, 1.807) is 12.4 Å². The topological polar surface area (TPSA) is 47.5 Å². The fourth-order valence-electron chi connectivity index (χ4n) is 2.29. The molecule has 0 saturated carbocycles. The summed E-state index contributed by atoms with van der Waals surface area (Å²) in [5, 5.41) is 0. The van der Waals surface area contributed by atoms with E-state index in [0.717, 1.165) is 45.1 Å². The molecular weight excluding hydrogens is 206 g/mol. The first-order valence-electron chi connectivity index (χ1n) is 5.68. The molecule has 0 atom stereocenters. The maximum atomic E-state index is 5.68. The summed E-state index contributed by atoms with van der Waals surface area (Å²) >= 11 is 0. The van der Waals surface area contributed by atoms with Crippen molar-refractivity contribution in [3.8, 4) is 0 Å². The van der Waals surface area contributed by atoms with Crippen LogP contribution in [-0.2, 0) is 9.47 Å². The van der Waals surface area contributed by atoms with E-state index < -0.39 is 0 Å². The summed E-state index contributed by atoms with van der Waals surface area (Å²) in [6.45, 7) is 3.23. The fourth-order valence-corrected chi connectivity index (χ4v) is 2.29. The van der Waals surface area contributed by atoms with Crippen LogP contribution in [0.5, 0.6) is 0 Å². The Morgan fingerprint density at radius 2 is 1.69 bits per heavy atom. The van der Waals surface area contributed by atoms with Crippen LogP contribution in [0.15, 0.2) is 18.5 Å². The molecule has 0 aliphatic carbocycles. The summed E-state index contributed by atoms with van der Waals surface area (Å²) in [6.07, 6.45) is 5.33. The molecule has 2 aliphatic rings. The van der Waals surface area contributed by atoms with Crippen molar-refractivity contribution in [2.24, 2.45) is 0 Å². The number of piperidine rings is 1. The van der Waals surface area contributed by atoms with Crippen LogP contribution >= 0.6 is 0 Å². The van der Waals surface area contributed by atoms with Crippen LogP contribution in [0.2, 0.25) is 0 Å². The van der Waals surface area contributed by atoms with E-state index in [0.29, 0.717) is 0 Å². The minimum Gasteiger partial charge on any atom is -0.347 e. The third kappa shape index (κ3) is 1.76. The zero-order valence-corrected chi connectivity index (χ0v) is 9.13. The zero-order valence-electron chi connectivity index (χ0n) is 9.13. The van der Waals surface area contributed by atoms with Crippen LogP contribution in [0.1, 0.15) is 12.8 Å². The summed E-state index contributed by atoms with van der Waals surface area (Å²) in [4.78, 5) is 10.7. The molecule has 16 heavy (non-hydrogen) atoms. The summed E-state index contributed by atoms with van der Waals surface area (Å²) in [5.41, 5.74) is 0. The summed E-state index contributed by atoms with van der Waals surface area (Å²) < 4.78 is 11.4. The molecule has 1 spiro atoms. The van der Waals surface area contributed by atoms with E-state index in [-0.39, 0.29) is 5.79 Å². The van der Waals surface area contributed by atoms with Crippen LogP contribution in [-0.4, -0.2) is 42.1 Å². The summed E-state index contributed by atoms with van der Waals surface area (Å²) in [5.74, 6) is 0.487. The molecule has 5 heteroatoms. The maximum absolute atomic E-state index is 5.68. The lowest BCUT2D eigenvalue weighted by Crippen LogP contribution is -2.45. The zero-order chi connectivity index (χ0) is 10.8. The van der Waals surface area contributed by atoms with Crippen molar-refractivity contribution < 1.29 is 9.47 Å². The van der Waals surface area contributed by atoms with Gasteiger partial charge in [0.2, 0.25) is 5.95 Å². The molecule has 3 rings (SSSR count). The van der Waals surface area contributed by atoms with Gasteiger partial charge in [0.25, 0.3) is 0 Å². The molecule has 0 unspecified atom stereocenters. The largest absolute Gasteiger partial charge is 0.347 e. The Bertz CT molecular complexity index is 342. The van der Waals surface area contributed by atoms with Crippen molar-refractivity contribution in [1.29, 1.82) is 0 Å². The first-order valence-corrected chi connectivity index (χ1v) is 5.68. The molecule has 0 aromatic carbocycles. The van der Waals surface area contributed by atoms with Crippen molar-refractivity contribution in [3.63, 3.8) is 0 Å². The highest BCUT2D eigenvalue weighted by Gasteiger charge is 2.40. The molecule has 86 valence electrons. The van der Waals surface area contributed by atoms with Crippen LogP contribution in [0, 0.1) is 0 Å². The Morgan fingerprint density at radius 1 is 1.06 bits per heavy atom. The lowest BCUT2D eigenvalue weighted by atomic mass is 10.0. The van der Waals surface area contributed by atoms with Gasteiger partial charge >= 0.3 is 0 Å². The number of hydrogen-bond donors (Lipinski definition) is 0. The van der Waals surface area contributed by atoms with Crippen molar-refractivity contribution in [2.45, 2.75) is 18.6 Å². The smallest absolute Gasteiger partial charge is 0.225 e. The van der Waals surface area contributed by atoms with Gasteiger partial charge < -0.3 is 14.4 Å². The van der Waals surface area contributed by atoms with Gasteiger partial charge in [-0.05, 0) is 6.07 Å². The monoisotopic (exact) mass is 221 g/mol. The first-order chi connectivity index (χ1) is 7.88. The third-order valence-corrected chi connectivity index (χ3v) is 3.17. The highest BCUT2D eigenvalue weighted by molar-refractivity contribution is 5.29. The van der Waals surface area contributed by atoms with Crippen LogP contribution in [0.4, 0.5) is 5.95 Å². The summed E-state index contributed by atoms with van der Waals surface area (Å²) in [7, 11) is 0. The van der Waals surface area contributed by atoms with Crippen LogP contribution < -0.4 is 4.90 Å². The van der Waals surface area contributed by atoms with Gasteiger partial charge in [-0.1, -0.05) is 0 Å². The van der Waals surface area contributed by atoms with Crippen molar-refractivity contribution >= 4 is 5.95 Å². The van der Waals surface area contributed by atoms with Gasteiger partial charge in [0.15, 0.2) is 5.79 Å². The minimum atomic E-state index is -0.314. The van der Waals surface area contributed by atoms with E-state index in [2.05, 4.69) is 14.9 Å². The molecule has 1 aromatic heterocycles. The van der Waals surface area contributed by atoms with Gasteiger partial charge in [-0.3, -0.25) is 0 Å². The van der Waals surface area contributed by atoms with E-state index in [4.69, 9.17) is 9.47 Å². The molecule has 3 heterocycles. The van der Waals surface area contributed by atoms with Crippen LogP contribution in [0.3, 0.4) is 0 Å². The van der Waals surface area contributed by atoms with Gasteiger partial charge in [-0.2, -0.15) is 0 Å². The highest BCUT2D eigenvalue weighted by atomic mass is 16.7. The predicted octanol–water partition coefficient (Wildman–Crippen LogP) is 0.820. The summed E-state index contributed by atoms with van der Waals surface area (Å²) in [6, 6.07) is 1.83. The SMILES string of the molecule is c1cnc(N2CCC3(CC2)OCCO3)nc1. The van der Waals surface area contributed by atoms with Gasteiger partial charge in [0, 0.05) is 38.3 Å². The molecule has 2 fully saturated rings. The standard InChI is InChI=1S/C11H15N3O2/c1-4-12-10(13-5-1)14-6-2-11(3-7-14)15-8-9-16-11/h1,4-5H,2-3,6-9H2. The quantitative estimate of drug-likeness (QED) is 0.702. The number of aromatic nitrogens is 2. The van der Waals surface area contributed by atoms with Crippen molar-refractivity contribution in [2.75, 3.05) is 31.2 Å². The fraction of sp³-hybridized carbons (Fsp3) is 0.636. The Morgan fingerprint density at radius 3 is 2.31 bits per heavy atom. The lowest BCUT2D eigenvalue weighted by molar-refractivity contribution is -0.169. The maximum Gasteiger partial charge on any atom is 0.225 e. The number of rotatable bonds is 1. The Labute approximate surface area is 94.4 Å². The highest BCUT2D eigenvalue weighted by Crippen LogP contribution is 2.31. The molecule has 0 N–H and O–H groups in total. The van der Waals surface area contributed by atoms with E-state index in [1.165, 1.54) is 0 Å². The predicted molar refractivity (Wildman–Crippen MR) is 58.1 cm³/mol. The van der Waals surface area contributed by atoms with Gasteiger partial charge in [0.05, 0.1) is 13.2 Å². The average Bonchev–Trinajstić information content (AvgIpc) is 2.80. The second-order valence-electron chi connectivity index (χ2n) is 4.14. The Hall–Kier alpha value is -1.20. The molecular formula is C11H15N3O2. The Balaban J connectivity index is 1.66. The number of ether oxygens (including phenoxy) is 2. The first kappa shape index (κ1) is 9.99. The van der Waals surface area contributed by atoms with Crippen LogP contribution in [0.25, 0.3) is 0 Å². The number of hydrogen-bond acceptors (Lipinski definition) is 5. The third-order valence-electron chi connectivity index (χ3n) is 3.17. The van der Waals surface area contributed by atoms with E-state index >= 15 is 0 Å². The minimum absolute atomic E-state index is 0.314. The Kier molecular flexibility index (Phi) is 2.49. The van der Waals surface area contributed by atoms with Gasteiger partial charge in [-0.15, -0.1) is 0 Å². The molecule has 5 nitrogen and oxygen atoms in total. The van der Waals surface area contributed by atoms with Crippen molar-refractivity contribution in [1.82, 2.24) is 9.97 Å². The van der Waals surface area contributed by atoms with E-state index in [1.807, 2.05) is 6.07 Å². The normalized spacial score (nSPS) is 23.9. The molecule has 0 bridgehead atoms. The molecule has 1 aromatic rings. The van der Waals surface area contributed by atoms with E-state index in [9.17, 15) is 0 Å². The second-order valence-corrected chi connectivity index (χ2v) is 4.14. The molecule has 0 radical (unpaired) electrons. The van der Waals surface area contributed by atoms with Crippen molar-refractivity contribution in [3.05, 3.63) is 18.5 Å². The average molecular weight is 221 g/mol. The molecule has 0 amide bonds. The number of nitrogens with zero attached hydrogens (tertiary/aromatic N) is 3. The lowest BCUT2D eigenvalue weighted by Gasteiger charge is -2.37. The molecule has 2 aliphatic heterocycles.